The number of sulfonamides is 1. The van der Waals surface area contributed by atoms with Crippen LogP contribution >= 0.6 is 0 Å². The molecule has 0 aliphatic carbocycles. The van der Waals surface area contributed by atoms with Crippen molar-refractivity contribution >= 4 is 26.6 Å². The molecule has 2 heterocycles. The Morgan fingerprint density at radius 1 is 1.17 bits per heavy atom. The molecule has 1 aromatic carbocycles. The van der Waals surface area contributed by atoms with Crippen LogP contribution in [0.5, 0.6) is 0 Å². The zero-order chi connectivity index (χ0) is 16.6. The van der Waals surface area contributed by atoms with E-state index < -0.39 is 10.0 Å². The molecule has 0 unspecified atom stereocenters. The Bertz CT molecular complexity index is 961. The summed E-state index contributed by atoms with van der Waals surface area (Å²) in [4.78, 5) is 8.38. The fourth-order valence-corrected chi connectivity index (χ4v) is 3.45. The number of nitrogens with zero attached hydrogens (tertiary/aromatic N) is 3. The first-order chi connectivity index (χ1) is 10.9. The SMILES string of the molecule is CC(C)c1nc(S(=O)(=O)Nc2cc3ccccc3cn2)cn1C. The summed E-state index contributed by atoms with van der Waals surface area (Å²) in [5.74, 6) is 1.14. The van der Waals surface area contributed by atoms with E-state index in [1.807, 2.05) is 38.1 Å². The zero-order valence-corrected chi connectivity index (χ0v) is 14.0. The Morgan fingerprint density at radius 3 is 2.52 bits per heavy atom. The van der Waals surface area contributed by atoms with Crippen LogP contribution in [0.3, 0.4) is 0 Å². The van der Waals surface area contributed by atoms with Gasteiger partial charge in [-0.25, -0.2) is 9.97 Å². The van der Waals surface area contributed by atoms with E-state index in [0.717, 1.165) is 16.6 Å². The minimum Gasteiger partial charge on any atom is -0.336 e. The Hall–Kier alpha value is -2.41. The van der Waals surface area contributed by atoms with Crippen molar-refractivity contribution in [2.75, 3.05) is 4.72 Å². The quantitative estimate of drug-likeness (QED) is 0.798. The molecule has 0 saturated carbocycles. The standard InChI is InChI=1S/C16H18N4O2S/c1-11(2)16-18-15(10-20(16)3)23(21,22)19-14-8-12-6-4-5-7-13(12)9-17-14/h4-11H,1-3H3,(H,17,19). The highest BCUT2D eigenvalue weighted by molar-refractivity contribution is 7.92. The summed E-state index contributed by atoms with van der Waals surface area (Å²) in [5, 5.41) is 1.87. The summed E-state index contributed by atoms with van der Waals surface area (Å²) in [7, 11) is -1.97. The maximum atomic E-state index is 12.5. The van der Waals surface area contributed by atoms with Gasteiger partial charge in [0.1, 0.15) is 11.6 Å². The number of pyridine rings is 1. The maximum Gasteiger partial charge on any atom is 0.282 e. The van der Waals surface area contributed by atoms with Gasteiger partial charge in [-0.15, -0.1) is 0 Å². The van der Waals surface area contributed by atoms with Crippen LogP contribution in [0, 0.1) is 0 Å². The van der Waals surface area contributed by atoms with Gasteiger partial charge in [0.2, 0.25) is 0 Å². The summed E-state index contributed by atoms with van der Waals surface area (Å²) < 4.78 is 29.2. The second-order valence-electron chi connectivity index (χ2n) is 5.73. The van der Waals surface area contributed by atoms with Gasteiger partial charge >= 0.3 is 0 Å². The van der Waals surface area contributed by atoms with Crippen LogP contribution in [0.15, 0.2) is 47.8 Å². The normalized spacial score (nSPS) is 12.0. The molecule has 0 amide bonds. The lowest BCUT2D eigenvalue weighted by Crippen LogP contribution is -2.14. The zero-order valence-electron chi connectivity index (χ0n) is 13.2. The van der Waals surface area contributed by atoms with Gasteiger partial charge < -0.3 is 4.57 Å². The number of benzene rings is 1. The Kier molecular flexibility index (Phi) is 3.81. The molecule has 0 atom stereocenters. The number of hydrogen-bond donors (Lipinski definition) is 1. The van der Waals surface area contributed by atoms with Gasteiger partial charge in [-0.2, -0.15) is 8.42 Å². The number of imidazole rings is 1. The third kappa shape index (κ3) is 3.05. The van der Waals surface area contributed by atoms with Crippen LogP contribution in [-0.4, -0.2) is 23.0 Å². The van der Waals surface area contributed by atoms with E-state index >= 15 is 0 Å². The molecule has 0 aliphatic heterocycles. The highest BCUT2D eigenvalue weighted by atomic mass is 32.2. The van der Waals surface area contributed by atoms with Crippen LogP contribution in [0.25, 0.3) is 10.8 Å². The summed E-state index contributed by atoms with van der Waals surface area (Å²) in [6.45, 7) is 3.94. The predicted molar refractivity (Wildman–Crippen MR) is 89.8 cm³/mol. The summed E-state index contributed by atoms with van der Waals surface area (Å²) in [6, 6.07) is 9.35. The molecule has 1 N–H and O–H groups in total. The maximum absolute atomic E-state index is 12.5. The number of aromatic nitrogens is 3. The van der Waals surface area contributed by atoms with Gasteiger partial charge in [-0.05, 0) is 11.5 Å². The van der Waals surface area contributed by atoms with Crippen molar-refractivity contribution < 1.29 is 8.42 Å². The van der Waals surface area contributed by atoms with Crippen LogP contribution in [-0.2, 0) is 17.1 Å². The molecule has 2 aromatic heterocycles. The molecule has 0 bridgehead atoms. The minimum absolute atomic E-state index is 0.00124. The first kappa shape index (κ1) is 15.5. The summed E-state index contributed by atoms with van der Waals surface area (Å²) in [6.07, 6.45) is 3.16. The molecule has 0 saturated heterocycles. The van der Waals surface area contributed by atoms with Gasteiger partial charge in [-0.1, -0.05) is 38.1 Å². The molecule has 23 heavy (non-hydrogen) atoms. The van der Waals surface area contributed by atoms with E-state index in [2.05, 4.69) is 14.7 Å². The van der Waals surface area contributed by atoms with Crippen molar-refractivity contribution in [3.05, 3.63) is 48.5 Å². The van der Waals surface area contributed by atoms with Gasteiger partial charge in [0.15, 0.2) is 5.03 Å². The predicted octanol–water partition coefficient (Wildman–Crippen LogP) is 2.89. The number of hydrogen-bond acceptors (Lipinski definition) is 4. The minimum atomic E-state index is -3.76. The Balaban J connectivity index is 1.94. The molecule has 0 spiro atoms. The molecule has 0 fully saturated rings. The second-order valence-corrected chi connectivity index (χ2v) is 7.35. The molecule has 120 valence electrons. The highest BCUT2D eigenvalue weighted by Gasteiger charge is 2.21. The Labute approximate surface area is 135 Å². The van der Waals surface area contributed by atoms with Gasteiger partial charge in [-0.3, -0.25) is 4.72 Å². The first-order valence-electron chi connectivity index (χ1n) is 7.28. The molecule has 3 rings (SSSR count). The summed E-state index contributed by atoms with van der Waals surface area (Å²) >= 11 is 0. The van der Waals surface area contributed by atoms with Crippen LogP contribution in [0.2, 0.25) is 0 Å². The molecule has 0 aliphatic rings. The largest absolute Gasteiger partial charge is 0.336 e. The molecule has 6 nitrogen and oxygen atoms in total. The van der Waals surface area contributed by atoms with E-state index in [1.54, 1.807) is 23.9 Å². The lowest BCUT2D eigenvalue weighted by Gasteiger charge is -2.06. The third-order valence-corrected chi connectivity index (χ3v) is 4.78. The second kappa shape index (κ2) is 5.66. The molecule has 7 heteroatoms. The number of nitrogens with one attached hydrogen (secondary N) is 1. The lowest BCUT2D eigenvalue weighted by molar-refractivity contribution is 0.597. The van der Waals surface area contributed by atoms with Gasteiger partial charge in [0.05, 0.1) is 0 Å². The number of rotatable bonds is 4. The van der Waals surface area contributed by atoms with E-state index in [1.165, 1.54) is 6.20 Å². The van der Waals surface area contributed by atoms with Crippen molar-refractivity contribution in [3.63, 3.8) is 0 Å². The molecule has 3 aromatic rings. The van der Waals surface area contributed by atoms with Crippen LogP contribution < -0.4 is 4.72 Å². The molecular weight excluding hydrogens is 312 g/mol. The van der Waals surface area contributed by atoms with E-state index in [-0.39, 0.29) is 16.8 Å². The summed E-state index contributed by atoms with van der Waals surface area (Å²) in [5.41, 5.74) is 0. The van der Waals surface area contributed by atoms with Crippen molar-refractivity contribution in [3.8, 4) is 0 Å². The topological polar surface area (TPSA) is 76.9 Å². The first-order valence-corrected chi connectivity index (χ1v) is 8.76. The molecular formula is C16H18N4O2S. The van der Waals surface area contributed by atoms with Crippen molar-refractivity contribution in [1.82, 2.24) is 14.5 Å². The average molecular weight is 330 g/mol. The van der Waals surface area contributed by atoms with Crippen molar-refractivity contribution in [1.29, 1.82) is 0 Å². The third-order valence-electron chi connectivity index (χ3n) is 3.55. The number of aryl methyl sites for hydroxylation is 1. The van der Waals surface area contributed by atoms with E-state index in [4.69, 9.17) is 0 Å². The van der Waals surface area contributed by atoms with Crippen molar-refractivity contribution in [2.45, 2.75) is 24.8 Å². The lowest BCUT2D eigenvalue weighted by atomic mass is 10.2. The smallest absolute Gasteiger partial charge is 0.282 e. The van der Waals surface area contributed by atoms with E-state index in [0.29, 0.717) is 0 Å². The molecule has 0 radical (unpaired) electrons. The fraction of sp³-hybridized carbons (Fsp3) is 0.250. The van der Waals surface area contributed by atoms with Gasteiger partial charge in [0.25, 0.3) is 10.0 Å². The number of fused-ring (bicyclic) bond motifs is 1. The average Bonchev–Trinajstić information content (AvgIpc) is 2.90. The monoisotopic (exact) mass is 330 g/mol. The highest BCUT2D eigenvalue weighted by Crippen LogP contribution is 2.20. The van der Waals surface area contributed by atoms with Crippen LogP contribution in [0.4, 0.5) is 5.82 Å². The van der Waals surface area contributed by atoms with E-state index in [9.17, 15) is 8.42 Å². The Morgan fingerprint density at radius 2 is 1.87 bits per heavy atom. The van der Waals surface area contributed by atoms with Crippen molar-refractivity contribution in [2.24, 2.45) is 7.05 Å². The van der Waals surface area contributed by atoms with Gasteiger partial charge in [0, 0.05) is 30.7 Å². The van der Waals surface area contributed by atoms with Crippen LogP contribution in [0.1, 0.15) is 25.6 Å². The fourth-order valence-electron chi connectivity index (χ4n) is 2.45. The number of anilines is 1.